The van der Waals surface area contributed by atoms with E-state index < -0.39 is 0 Å². The molecule has 1 aromatic carbocycles. The summed E-state index contributed by atoms with van der Waals surface area (Å²) >= 11 is 3.69. The second-order valence-electron chi connectivity index (χ2n) is 4.01. The predicted octanol–water partition coefficient (Wildman–Crippen LogP) is 0.487. The average Bonchev–Trinajstić information content (AvgIpc) is 2.46. The molecular formula is C13H17NO2Se2. The van der Waals surface area contributed by atoms with Gasteiger partial charge in [-0.2, -0.15) is 0 Å². The molecule has 3 nitrogen and oxygen atoms in total. The second kappa shape index (κ2) is 7.32. The van der Waals surface area contributed by atoms with E-state index in [0.717, 1.165) is 37.4 Å². The van der Waals surface area contributed by atoms with Gasteiger partial charge in [-0.25, -0.2) is 0 Å². The molecule has 0 aliphatic carbocycles. The van der Waals surface area contributed by atoms with Gasteiger partial charge in [0.2, 0.25) is 0 Å². The quantitative estimate of drug-likeness (QED) is 0.698. The summed E-state index contributed by atoms with van der Waals surface area (Å²) in [5.74, 6) is 0.941. The number of morpholine rings is 1. The minimum atomic E-state index is 0.462. The molecule has 1 fully saturated rings. The summed E-state index contributed by atoms with van der Waals surface area (Å²) in [6.45, 7) is 3.73. The number of hydrogen-bond donors (Lipinski definition) is 0. The third kappa shape index (κ3) is 4.11. The van der Waals surface area contributed by atoms with Crippen molar-refractivity contribution in [1.29, 1.82) is 0 Å². The van der Waals surface area contributed by atoms with Crippen LogP contribution in [0.2, 0.25) is 0 Å². The number of benzene rings is 1. The van der Waals surface area contributed by atoms with Crippen molar-refractivity contribution in [3.8, 4) is 5.75 Å². The van der Waals surface area contributed by atoms with E-state index in [1.54, 1.807) is 7.11 Å². The van der Waals surface area contributed by atoms with Crippen molar-refractivity contribution >= 4 is 34.0 Å². The average molecular weight is 377 g/mol. The van der Waals surface area contributed by atoms with Crippen LogP contribution in [0.1, 0.15) is 5.56 Å². The number of rotatable bonds is 5. The molecule has 5 heteroatoms. The van der Waals surface area contributed by atoms with E-state index in [-0.39, 0.29) is 0 Å². The zero-order valence-electron chi connectivity index (χ0n) is 10.4. The Balaban J connectivity index is 1.84. The summed E-state index contributed by atoms with van der Waals surface area (Å²) in [6, 6.07) is 8.32. The normalized spacial score (nSPS) is 15.5. The fraction of sp³-hybridized carbons (Fsp3) is 0.462. The number of methoxy groups -OCH3 is 1. The Morgan fingerprint density at radius 1 is 1.44 bits per heavy atom. The van der Waals surface area contributed by atoms with Crippen LogP contribution < -0.4 is 4.74 Å². The molecule has 2 rings (SSSR count). The Morgan fingerprint density at radius 2 is 2.22 bits per heavy atom. The summed E-state index contributed by atoms with van der Waals surface area (Å²) in [7, 11) is 1.71. The van der Waals surface area contributed by atoms with E-state index >= 15 is 0 Å². The van der Waals surface area contributed by atoms with Gasteiger partial charge in [0.25, 0.3) is 0 Å². The van der Waals surface area contributed by atoms with Crippen LogP contribution in [0.4, 0.5) is 0 Å². The molecule has 0 aromatic heterocycles. The van der Waals surface area contributed by atoms with E-state index in [4.69, 9.17) is 9.47 Å². The molecule has 1 heterocycles. The first-order chi connectivity index (χ1) is 8.79. The molecular weight excluding hydrogens is 360 g/mol. The van der Waals surface area contributed by atoms with Gasteiger partial charge < -0.3 is 0 Å². The van der Waals surface area contributed by atoms with Crippen molar-refractivity contribution in [2.45, 2.75) is 5.32 Å². The first-order valence-electron chi connectivity index (χ1n) is 5.92. The van der Waals surface area contributed by atoms with Gasteiger partial charge in [-0.1, -0.05) is 0 Å². The van der Waals surface area contributed by atoms with Crippen molar-refractivity contribution in [3.63, 3.8) is 0 Å². The maximum atomic E-state index is 5.36. The van der Waals surface area contributed by atoms with E-state index in [1.807, 2.05) is 6.07 Å². The molecule has 0 unspecified atom stereocenters. The molecule has 0 bridgehead atoms. The van der Waals surface area contributed by atoms with E-state index in [9.17, 15) is 0 Å². The molecule has 1 aliphatic rings. The molecule has 1 aromatic rings. The maximum absolute atomic E-state index is 5.36. The molecule has 18 heavy (non-hydrogen) atoms. The molecule has 0 radical (unpaired) electrons. The zero-order chi connectivity index (χ0) is 12.8. The van der Waals surface area contributed by atoms with Gasteiger partial charge in [-0.15, -0.1) is 0 Å². The van der Waals surface area contributed by atoms with Crippen molar-refractivity contribution in [2.75, 3.05) is 33.4 Å². The van der Waals surface area contributed by atoms with Gasteiger partial charge in [0, 0.05) is 0 Å². The van der Waals surface area contributed by atoms with Crippen LogP contribution in [0.3, 0.4) is 0 Å². The molecule has 0 saturated carbocycles. The Kier molecular flexibility index (Phi) is 5.74. The summed E-state index contributed by atoms with van der Waals surface area (Å²) in [5.41, 5.74) is 1.34. The third-order valence-corrected chi connectivity index (χ3v) is 6.65. The van der Waals surface area contributed by atoms with Crippen LogP contribution in [0.15, 0.2) is 24.3 Å². The Labute approximate surface area is 122 Å². The number of ether oxygens (including phenoxy) is 2. The van der Waals surface area contributed by atoms with Crippen molar-refractivity contribution in [1.82, 2.24) is 4.90 Å². The summed E-state index contributed by atoms with van der Waals surface area (Å²) in [4.78, 5) is 2.41. The SMILES string of the molecule is COc1cccc(C[Se]C(=[Se])N2CCOCC2)c1. The monoisotopic (exact) mass is 379 g/mol. The standard InChI is InChI=1S/C13H17NO2Se2/c1-15-12-4-2-3-11(9-12)10-18-13(17)14-5-7-16-8-6-14/h2-4,9H,5-8,10H2,1H3. The third-order valence-electron chi connectivity index (χ3n) is 2.77. The van der Waals surface area contributed by atoms with Gasteiger partial charge in [0.1, 0.15) is 0 Å². The van der Waals surface area contributed by atoms with Crippen LogP contribution in [0.5, 0.6) is 5.75 Å². The molecule has 0 atom stereocenters. The summed E-state index contributed by atoms with van der Waals surface area (Å²) < 4.78 is 12.0. The molecule has 1 saturated heterocycles. The van der Waals surface area contributed by atoms with Crippen molar-refractivity contribution < 1.29 is 9.47 Å². The van der Waals surface area contributed by atoms with Crippen LogP contribution in [-0.2, 0) is 10.1 Å². The fourth-order valence-corrected chi connectivity index (χ4v) is 4.52. The Bertz CT molecular complexity index is 406. The topological polar surface area (TPSA) is 21.7 Å². The Hall–Kier alpha value is -0.311. The number of nitrogens with zero attached hydrogens (tertiary/aromatic N) is 1. The van der Waals surface area contributed by atoms with Crippen LogP contribution in [0.25, 0.3) is 0 Å². The molecule has 0 N–H and O–H groups in total. The van der Waals surface area contributed by atoms with Crippen LogP contribution >= 0.6 is 0 Å². The fourth-order valence-electron chi connectivity index (χ4n) is 1.74. The summed E-state index contributed by atoms with van der Waals surface area (Å²) in [5, 5.41) is 1.10. The minimum absolute atomic E-state index is 0.462. The van der Waals surface area contributed by atoms with Gasteiger partial charge in [0.05, 0.1) is 0 Å². The zero-order valence-corrected chi connectivity index (χ0v) is 13.9. The second-order valence-corrected chi connectivity index (χ2v) is 8.15. The van der Waals surface area contributed by atoms with Crippen molar-refractivity contribution in [2.24, 2.45) is 0 Å². The molecule has 1 aliphatic heterocycles. The van der Waals surface area contributed by atoms with Crippen molar-refractivity contribution in [3.05, 3.63) is 29.8 Å². The summed E-state index contributed by atoms with van der Waals surface area (Å²) in [6.07, 6.45) is 0. The molecule has 0 amide bonds. The van der Waals surface area contributed by atoms with E-state index in [1.165, 1.54) is 9.00 Å². The van der Waals surface area contributed by atoms with Gasteiger partial charge in [-0.05, 0) is 0 Å². The first-order valence-corrected chi connectivity index (χ1v) is 8.84. The Morgan fingerprint density at radius 3 is 2.94 bits per heavy atom. The predicted molar refractivity (Wildman–Crippen MR) is 75.6 cm³/mol. The van der Waals surface area contributed by atoms with E-state index in [0.29, 0.717) is 15.0 Å². The number of hydrogen-bond acceptors (Lipinski definition) is 3. The first kappa shape index (κ1) is 14.1. The van der Waals surface area contributed by atoms with Crippen LogP contribution in [0, 0.1) is 0 Å². The van der Waals surface area contributed by atoms with Gasteiger partial charge in [-0.3, -0.25) is 0 Å². The van der Waals surface area contributed by atoms with Gasteiger partial charge in [0.15, 0.2) is 0 Å². The molecule has 0 spiro atoms. The van der Waals surface area contributed by atoms with Crippen LogP contribution in [-0.4, -0.2) is 72.3 Å². The van der Waals surface area contributed by atoms with E-state index in [2.05, 4.69) is 38.7 Å². The molecule has 98 valence electrons. The van der Waals surface area contributed by atoms with Gasteiger partial charge >= 0.3 is 123 Å².